The summed E-state index contributed by atoms with van der Waals surface area (Å²) in [5, 5.41) is 11.5. The predicted molar refractivity (Wildman–Crippen MR) is 63.6 cm³/mol. The highest BCUT2D eigenvalue weighted by Crippen LogP contribution is 2.16. The minimum absolute atomic E-state index is 0.421. The summed E-state index contributed by atoms with van der Waals surface area (Å²) in [6.45, 7) is 2.50. The van der Waals surface area contributed by atoms with Gasteiger partial charge < -0.3 is 19.9 Å². The van der Waals surface area contributed by atoms with Crippen LogP contribution in [0.4, 0.5) is 0 Å². The molecule has 0 aliphatic rings. The van der Waals surface area contributed by atoms with Gasteiger partial charge in [-0.2, -0.15) is 0 Å². The molecule has 0 radical (unpaired) electrons. The number of aliphatic carboxylic acids is 1. The standard InChI is InChI=1S/C12H17NO4/c1-9(12(14)15)13-7-8-17-11-5-3-10(16-2)4-6-11/h3-6,9,13H,7-8H2,1-2H3,(H,14,15). The smallest absolute Gasteiger partial charge is 0.320 e. The number of benzene rings is 1. The van der Waals surface area contributed by atoms with Gasteiger partial charge in [0.15, 0.2) is 0 Å². The van der Waals surface area contributed by atoms with E-state index in [0.717, 1.165) is 11.5 Å². The van der Waals surface area contributed by atoms with Gasteiger partial charge in [-0.3, -0.25) is 4.79 Å². The largest absolute Gasteiger partial charge is 0.497 e. The van der Waals surface area contributed by atoms with E-state index in [9.17, 15) is 4.79 Å². The van der Waals surface area contributed by atoms with Crippen LogP contribution in [0.15, 0.2) is 24.3 Å². The fourth-order valence-corrected chi connectivity index (χ4v) is 1.20. The van der Waals surface area contributed by atoms with Gasteiger partial charge in [0.05, 0.1) is 7.11 Å². The number of hydrogen-bond acceptors (Lipinski definition) is 4. The molecule has 0 saturated heterocycles. The molecule has 17 heavy (non-hydrogen) atoms. The molecule has 0 amide bonds. The summed E-state index contributed by atoms with van der Waals surface area (Å²) < 4.78 is 10.4. The molecule has 0 heterocycles. The third-order valence-electron chi connectivity index (χ3n) is 2.25. The molecular formula is C12H17NO4. The molecule has 94 valence electrons. The fraction of sp³-hybridized carbons (Fsp3) is 0.417. The van der Waals surface area contributed by atoms with Gasteiger partial charge in [-0.25, -0.2) is 0 Å². The van der Waals surface area contributed by atoms with Crippen LogP contribution in [0.3, 0.4) is 0 Å². The molecule has 2 N–H and O–H groups in total. The highest BCUT2D eigenvalue weighted by molar-refractivity contribution is 5.72. The maximum Gasteiger partial charge on any atom is 0.320 e. The second-order valence-electron chi connectivity index (χ2n) is 3.54. The number of methoxy groups -OCH3 is 1. The van der Waals surface area contributed by atoms with Gasteiger partial charge in [-0.1, -0.05) is 0 Å². The Bertz CT molecular complexity index is 350. The lowest BCUT2D eigenvalue weighted by Gasteiger charge is -2.10. The van der Waals surface area contributed by atoms with Gasteiger partial charge >= 0.3 is 5.97 Å². The number of hydrogen-bond donors (Lipinski definition) is 2. The summed E-state index contributed by atoms with van der Waals surface area (Å²) >= 11 is 0. The molecule has 1 aromatic carbocycles. The molecule has 5 nitrogen and oxygen atoms in total. The van der Waals surface area contributed by atoms with E-state index < -0.39 is 12.0 Å². The summed E-state index contributed by atoms with van der Waals surface area (Å²) in [6, 6.07) is 6.67. The zero-order chi connectivity index (χ0) is 12.7. The predicted octanol–water partition coefficient (Wildman–Crippen LogP) is 1.14. The van der Waals surface area contributed by atoms with Gasteiger partial charge in [-0.05, 0) is 31.2 Å². The van der Waals surface area contributed by atoms with Gasteiger partial charge in [0.2, 0.25) is 0 Å². The molecule has 0 aliphatic heterocycles. The van der Waals surface area contributed by atoms with E-state index in [1.54, 1.807) is 26.2 Å². The van der Waals surface area contributed by atoms with Crippen molar-refractivity contribution in [2.24, 2.45) is 0 Å². The van der Waals surface area contributed by atoms with Crippen LogP contribution in [-0.4, -0.2) is 37.4 Å². The van der Waals surface area contributed by atoms with Crippen molar-refractivity contribution in [1.82, 2.24) is 5.32 Å². The van der Waals surface area contributed by atoms with E-state index in [-0.39, 0.29) is 0 Å². The normalized spacial score (nSPS) is 11.9. The third-order valence-corrected chi connectivity index (χ3v) is 2.25. The Morgan fingerprint density at radius 3 is 2.47 bits per heavy atom. The first-order chi connectivity index (χ1) is 8.13. The minimum atomic E-state index is -0.866. The molecule has 0 saturated carbocycles. The highest BCUT2D eigenvalue weighted by Gasteiger charge is 2.08. The summed E-state index contributed by atoms with van der Waals surface area (Å²) in [7, 11) is 1.60. The molecule has 1 atom stereocenters. The average molecular weight is 239 g/mol. The van der Waals surface area contributed by atoms with Crippen LogP contribution in [0.25, 0.3) is 0 Å². The van der Waals surface area contributed by atoms with Crippen LogP contribution in [0.5, 0.6) is 11.5 Å². The summed E-state index contributed by atoms with van der Waals surface area (Å²) in [6.07, 6.45) is 0. The summed E-state index contributed by atoms with van der Waals surface area (Å²) in [5.41, 5.74) is 0. The van der Waals surface area contributed by atoms with Crippen molar-refractivity contribution in [3.8, 4) is 11.5 Å². The zero-order valence-corrected chi connectivity index (χ0v) is 9.97. The maximum absolute atomic E-state index is 10.5. The lowest BCUT2D eigenvalue weighted by atomic mass is 10.3. The quantitative estimate of drug-likeness (QED) is 0.698. The van der Waals surface area contributed by atoms with Crippen molar-refractivity contribution in [3.05, 3.63) is 24.3 Å². The molecule has 0 spiro atoms. The Balaban J connectivity index is 2.24. The van der Waals surface area contributed by atoms with Crippen molar-refractivity contribution in [2.75, 3.05) is 20.3 Å². The Morgan fingerprint density at radius 2 is 1.94 bits per heavy atom. The van der Waals surface area contributed by atoms with Crippen LogP contribution in [-0.2, 0) is 4.79 Å². The van der Waals surface area contributed by atoms with E-state index in [1.807, 2.05) is 12.1 Å². The molecule has 0 aromatic heterocycles. The van der Waals surface area contributed by atoms with E-state index in [2.05, 4.69) is 5.32 Å². The van der Waals surface area contributed by atoms with Crippen LogP contribution in [0.2, 0.25) is 0 Å². The van der Waals surface area contributed by atoms with Gasteiger partial charge in [0.25, 0.3) is 0 Å². The number of carbonyl (C=O) groups is 1. The molecule has 0 aliphatic carbocycles. The Labute approximate surface area is 100 Å². The van der Waals surface area contributed by atoms with Gasteiger partial charge in [-0.15, -0.1) is 0 Å². The van der Waals surface area contributed by atoms with E-state index in [0.29, 0.717) is 13.2 Å². The number of rotatable bonds is 7. The monoisotopic (exact) mass is 239 g/mol. The van der Waals surface area contributed by atoms with Crippen molar-refractivity contribution < 1.29 is 19.4 Å². The van der Waals surface area contributed by atoms with Crippen LogP contribution < -0.4 is 14.8 Å². The molecule has 0 bridgehead atoms. The molecule has 1 aromatic rings. The number of nitrogens with one attached hydrogen (secondary N) is 1. The van der Waals surface area contributed by atoms with Crippen molar-refractivity contribution in [3.63, 3.8) is 0 Å². The van der Waals surface area contributed by atoms with Crippen LogP contribution in [0, 0.1) is 0 Å². The minimum Gasteiger partial charge on any atom is -0.497 e. The van der Waals surface area contributed by atoms with E-state index >= 15 is 0 Å². The second-order valence-corrected chi connectivity index (χ2v) is 3.54. The average Bonchev–Trinajstić information content (AvgIpc) is 2.35. The zero-order valence-electron chi connectivity index (χ0n) is 9.97. The van der Waals surface area contributed by atoms with Crippen molar-refractivity contribution >= 4 is 5.97 Å². The first-order valence-electron chi connectivity index (χ1n) is 5.36. The highest BCUT2D eigenvalue weighted by atomic mass is 16.5. The molecule has 5 heteroatoms. The number of carboxylic acids is 1. The van der Waals surface area contributed by atoms with Crippen LogP contribution in [0.1, 0.15) is 6.92 Å². The van der Waals surface area contributed by atoms with E-state index in [1.165, 1.54) is 0 Å². The van der Waals surface area contributed by atoms with Crippen molar-refractivity contribution in [1.29, 1.82) is 0 Å². The van der Waals surface area contributed by atoms with Crippen molar-refractivity contribution in [2.45, 2.75) is 13.0 Å². The lowest BCUT2D eigenvalue weighted by molar-refractivity contribution is -0.139. The Kier molecular flexibility index (Phi) is 5.29. The molecular weight excluding hydrogens is 222 g/mol. The Hall–Kier alpha value is -1.75. The maximum atomic E-state index is 10.5. The first-order valence-corrected chi connectivity index (χ1v) is 5.36. The van der Waals surface area contributed by atoms with Crippen LogP contribution >= 0.6 is 0 Å². The molecule has 1 rings (SSSR count). The van der Waals surface area contributed by atoms with Gasteiger partial charge in [0, 0.05) is 6.54 Å². The Morgan fingerprint density at radius 1 is 1.35 bits per heavy atom. The number of carboxylic acid groups (broad SMARTS) is 1. The fourth-order valence-electron chi connectivity index (χ4n) is 1.20. The third kappa shape index (κ3) is 4.74. The first kappa shape index (κ1) is 13.3. The summed E-state index contributed by atoms with van der Waals surface area (Å²) in [5.74, 6) is 0.639. The SMILES string of the molecule is COc1ccc(OCCNC(C)C(=O)O)cc1. The second kappa shape index (κ2) is 6.75. The molecule has 0 fully saturated rings. The summed E-state index contributed by atoms with van der Waals surface area (Å²) in [4.78, 5) is 10.5. The number of ether oxygens (including phenoxy) is 2. The topological polar surface area (TPSA) is 67.8 Å². The van der Waals surface area contributed by atoms with E-state index in [4.69, 9.17) is 14.6 Å². The van der Waals surface area contributed by atoms with Gasteiger partial charge in [0.1, 0.15) is 24.1 Å². The molecule has 1 unspecified atom stereocenters. The lowest BCUT2D eigenvalue weighted by Crippen LogP contribution is -2.36.